The zero-order chi connectivity index (χ0) is 21.4. The summed E-state index contributed by atoms with van der Waals surface area (Å²) in [5, 5.41) is 12.4. The Labute approximate surface area is 179 Å². The van der Waals surface area contributed by atoms with Crippen LogP contribution in [-0.2, 0) is 23.0 Å². The Hall–Kier alpha value is -2.83. The second-order valence-electron chi connectivity index (χ2n) is 7.33. The largest absolute Gasteiger partial charge is 0.385 e. The van der Waals surface area contributed by atoms with Crippen LogP contribution in [0.3, 0.4) is 0 Å². The van der Waals surface area contributed by atoms with Gasteiger partial charge in [-0.05, 0) is 47.4 Å². The second-order valence-corrected chi connectivity index (χ2v) is 8.86. The lowest BCUT2D eigenvalue weighted by Gasteiger charge is -2.18. The Kier molecular flexibility index (Phi) is 7.49. The lowest BCUT2D eigenvalue weighted by molar-refractivity contribution is 0.596. The van der Waals surface area contributed by atoms with E-state index in [4.69, 9.17) is 5.14 Å². The Morgan fingerprint density at radius 2 is 1.53 bits per heavy atom. The Morgan fingerprint density at radius 1 is 0.867 bits per heavy atom. The maximum absolute atomic E-state index is 12.5. The molecule has 0 aromatic heterocycles. The fraction of sp³-hybridized carbons (Fsp3) is 0.250. The quantitative estimate of drug-likeness (QED) is 0.411. The smallest absolute Gasteiger partial charge is 0.238 e. The monoisotopic (exact) mass is 423 g/mol. The molecular weight excluding hydrogens is 394 g/mol. The Bertz CT molecular complexity index is 1050. The summed E-state index contributed by atoms with van der Waals surface area (Å²) < 4.78 is 25.0. The Morgan fingerprint density at radius 3 is 2.17 bits per heavy atom. The molecule has 0 amide bonds. The van der Waals surface area contributed by atoms with Crippen LogP contribution in [0.15, 0.2) is 77.7 Å². The normalized spacial score (nSPS) is 11.3. The summed E-state index contributed by atoms with van der Waals surface area (Å²) in [7, 11) is -3.88. The van der Waals surface area contributed by atoms with Crippen molar-refractivity contribution < 1.29 is 8.42 Å². The first kappa shape index (κ1) is 21.9. The summed E-state index contributed by atoms with van der Waals surface area (Å²) in [6.45, 7) is 3.40. The highest BCUT2D eigenvalue weighted by molar-refractivity contribution is 7.89. The molecule has 0 unspecified atom stereocenters. The van der Waals surface area contributed by atoms with E-state index in [0.29, 0.717) is 18.5 Å². The summed E-state index contributed by atoms with van der Waals surface area (Å²) in [6, 6.07) is 23.4. The van der Waals surface area contributed by atoms with Gasteiger partial charge < -0.3 is 10.6 Å². The van der Waals surface area contributed by atoms with Crippen molar-refractivity contribution in [3.8, 4) is 0 Å². The van der Waals surface area contributed by atoms with Gasteiger partial charge in [0.2, 0.25) is 10.0 Å². The van der Waals surface area contributed by atoms with Crippen molar-refractivity contribution in [3.63, 3.8) is 0 Å². The molecule has 3 aromatic carbocycles. The number of unbranched alkanes of at least 4 members (excludes halogenated alkanes) is 1. The molecule has 0 bridgehead atoms. The van der Waals surface area contributed by atoms with E-state index in [0.717, 1.165) is 41.9 Å². The van der Waals surface area contributed by atoms with Crippen molar-refractivity contribution in [2.45, 2.75) is 37.6 Å². The van der Waals surface area contributed by atoms with Gasteiger partial charge in [-0.15, -0.1) is 0 Å². The van der Waals surface area contributed by atoms with E-state index in [1.807, 2.05) is 66.7 Å². The van der Waals surface area contributed by atoms with Crippen molar-refractivity contribution in [2.75, 3.05) is 17.2 Å². The molecule has 4 N–H and O–H groups in total. The lowest BCUT2D eigenvalue weighted by Crippen LogP contribution is -2.18. The van der Waals surface area contributed by atoms with Gasteiger partial charge in [-0.2, -0.15) is 0 Å². The number of hydrogen-bond donors (Lipinski definition) is 3. The molecule has 0 aliphatic heterocycles. The number of anilines is 2. The maximum Gasteiger partial charge on any atom is 0.238 e. The molecule has 0 saturated heterocycles. The van der Waals surface area contributed by atoms with Crippen LogP contribution in [0.1, 0.15) is 36.5 Å². The fourth-order valence-corrected chi connectivity index (χ4v) is 4.20. The number of nitrogens with two attached hydrogens (primary N) is 1. The molecule has 0 atom stereocenters. The SMILES string of the molecule is CCCCNc1cc(CNc2ccccc2)cc(S(N)(=O)=O)c1Cc1ccccc1. The molecule has 5 nitrogen and oxygen atoms in total. The van der Waals surface area contributed by atoms with Gasteiger partial charge in [-0.3, -0.25) is 0 Å². The first-order valence-electron chi connectivity index (χ1n) is 10.2. The molecular formula is C24H29N3O2S. The van der Waals surface area contributed by atoms with Crippen LogP contribution >= 0.6 is 0 Å². The zero-order valence-electron chi connectivity index (χ0n) is 17.3. The van der Waals surface area contributed by atoms with Crippen molar-refractivity contribution in [1.29, 1.82) is 0 Å². The van der Waals surface area contributed by atoms with Crippen molar-refractivity contribution in [2.24, 2.45) is 5.14 Å². The predicted molar refractivity (Wildman–Crippen MR) is 124 cm³/mol. The highest BCUT2D eigenvalue weighted by atomic mass is 32.2. The van der Waals surface area contributed by atoms with E-state index in [9.17, 15) is 8.42 Å². The molecule has 0 heterocycles. The lowest BCUT2D eigenvalue weighted by atomic mass is 10.0. The average molecular weight is 424 g/mol. The zero-order valence-corrected chi connectivity index (χ0v) is 18.1. The highest BCUT2D eigenvalue weighted by Crippen LogP contribution is 2.29. The van der Waals surface area contributed by atoms with Crippen molar-refractivity contribution in [3.05, 3.63) is 89.5 Å². The van der Waals surface area contributed by atoms with Gasteiger partial charge in [0, 0.05) is 30.9 Å². The topological polar surface area (TPSA) is 84.2 Å². The predicted octanol–water partition coefficient (Wildman–Crippen LogP) is 4.75. The minimum atomic E-state index is -3.88. The van der Waals surface area contributed by atoms with E-state index in [-0.39, 0.29) is 4.90 Å². The molecule has 158 valence electrons. The molecule has 0 aliphatic rings. The van der Waals surface area contributed by atoms with E-state index in [2.05, 4.69) is 17.6 Å². The second kappa shape index (κ2) is 10.3. The molecule has 0 radical (unpaired) electrons. The number of sulfonamides is 1. The van der Waals surface area contributed by atoms with Gasteiger partial charge in [-0.1, -0.05) is 61.9 Å². The van der Waals surface area contributed by atoms with Crippen LogP contribution in [0.5, 0.6) is 0 Å². The minimum Gasteiger partial charge on any atom is -0.385 e. The Balaban J connectivity index is 1.99. The molecule has 0 fully saturated rings. The number of primary sulfonamides is 1. The summed E-state index contributed by atoms with van der Waals surface area (Å²) in [6.07, 6.45) is 2.55. The molecule has 6 heteroatoms. The average Bonchev–Trinajstić information content (AvgIpc) is 2.74. The van der Waals surface area contributed by atoms with E-state index in [1.165, 1.54) is 0 Å². The number of hydrogen-bond acceptors (Lipinski definition) is 4. The molecule has 0 saturated carbocycles. The molecule has 3 aromatic rings. The van der Waals surface area contributed by atoms with Crippen LogP contribution in [-0.4, -0.2) is 15.0 Å². The van der Waals surface area contributed by atoms with Crippen molar-refractivity contribution >= 4 is 21.4 Å². The van der Waals surface area contributed by atoms with Gasteiger partial charge in [0.05, 0.1) is 4.90 Å². The third-order valence-corrected chi connectivity index (χ3v) is 5.89. The summed E-state index contributed by atoms with van der Waals surface area (Å²) >= 11 is 0. The van der Waals surface area contributed by atoms with Gasteiger partial charge in [0.1, 0.15) is 0 Å². The first-order valence-corrected chi connectivity index (χ1v) is 11.8. The molecule has 0 aliphatic carbocycles. The number of nitrogens with one attached hydrogen (secondary N) is 2. The summed E-state index contributed by atoms with van der Waals surface area (Å²) in [5.74, 6) is 0. The highest BCUT2D eigenvalue weighted by Gasteiger charge is 2.19. The van der Waals surface area contributed by atoms with E-state index < -0.39 is 10.0 Å². The number of rotatable bonds is 10. The van der Waals surface area contributed by atoms with Gasteiger partial charge >= 0.3 is 0 Å². The molecule has 30 heavy (non-hydrogen) atoms. The van der Waals surface area contributed by atoms with Gasteiger partial charge in [0.25, 0.3) is 0 Å². The van der Waals surface area contributed by atoms with Gasteiger partial charge in [-0.25, -0.2) is 13.6 Å². The fourth-order valence-electron chi connectivity index (χ4n) is 3.36. The van der Waals surface area contributed by atoms with Crippen LogP contribution < -0.4 is 15.8 Å². The molecule has 3 rings (SSSR count). The number of para-hydroxylation sites is 1. The number of benzene rings is 3. The summed E-state index contributed by atoms with van der Waals surface area (Å²) in [5.41, 5.74) is 4.41. The molecule has 0 spiro atoms. The minimum absolute atomic E-state index is 0.178. The first-order chi connectivity index (χ1) is 14.5. The third kappa shape index (κ3) is 6.08. The standard InChI is InChI=1S/C24H29N3O2S/c1-2-3-14-26-23-16-20(18-27-21-12-8-5-9-13-21)17-24(30(25,28)29)22(23)15-19-10-6-4-7-11-19/h4-13,16-17,26-27H,2-3,14-15,18H2,1H3,(H2,25,28,29). The van der Waals surface area contributed by atoms with Crippen LogP contribution in [0.4, 0.5) is 11.4 Å². The summed E-state index contributed by atoms with van der Waals surface area (Å²) in [4.78, 5) is 0.178. The van der Waals surface area contributed by atoms with E-state index >= 15 is 0 Å². The van der Waals surface area contributed by atoms with Crippen LogP contribution in [0.25, 0.3) is 0 Å². The van der Waals surface area contributed by atoms with Crippen LogP contribution in [0, 0.1) is 0 Å². The van der Waals surface area contributed by atoms with E-state index in [1.54, 1.807) is 6.07 Å². The van der Waals surface area contributed by atoms with Crippen LogP contribution in [0.2, 0.25) is 0 Å². The maximum atomic E-state index is 12.5. The van der Waals surface area contributed by atoms with Gasteiger partial charge in [0.15, 0.2) is 0 Å². The van der Waals surface area contributed by atoms with Crippen molar-refractivity contribution in [1.82, 2.24) is 0 Å². The third-order valence-electron chi connectivity index (χ3n) is 4.92.